The third-order valence-electron chi connectivity index (χ3n) is 3.24. The smallest absolute Gasteiger partial charge is 0.326 e. The highest BCUT2D eigenvalue weighted by atomic mass is 16.5. The van der Waals surface area contributed by atoms with Crippen LogP contribution in [0.4, 0.5) is 4.79 Å². The third kappa shape index (κ3) is 5.90. The van der Waals surface area contributed by atoms with Crippen LogP contribution in [-0.2, 0) is 14.3 Å². The maximum atomic E-state index is 11.7. The molecule has 1 atom stereocenters. The number of hydrogen-bond acceptors (Lipinski definition) is 4. The summed E-state index contributed by atoms with van der Waals surface area (Å²) in [5, 5.41) is 14.2. The predicted octanol–water partition coefficient (Wildman–Crippen LogP) is 1.02. The normalized spacial score (nSPS) is 16.4. The summed E-state index contributed by atoms with van der Waals surface area (Å²) in [6.07, 6.45) is 4.00. The molecular formula is C13H22N2O5. The molecule has 1 saturated carbocycles. The zero-order valence-electron chi connectivity index (χ0n) is 11.7. The Balaban J connectivity index is 2.35. The van der Waals surface area contributed by atoms with Gasteiger partial charge in [-0.1, -0.05) is 12.8 Å². The predicted molar refractivity (Wildman–Crippen MR) is 71.2 cm³/mol. The van der Waals surface area contributed by atoms with Gasteiger partial charge in [0, 0.05) is 12.5 Å². The Hall–Kier alpha value is -1.79. The van der Waals surface area contributed by atoms with Gasteiger partial charge in [-0.25, -0.2) is 9.59 Å². The highest BCUT2D eigenvalue weighted by molar-refractivity contribution is 5.83. The molecule has 7 heteroatoms. The van der Waals surface area contributed by atoms with Crippen molar-refractivity contribution in [3.8, 4) is 0 Å². The number of carbonyl (C=O) groups is 3. The summed E-state index contributed by atoms with van der Waals surface area (Å²) in [7, 11) is 0. The molecule has 1 fully saturated rings. The van der Waals surface area contributed by atoms with Gasteiger partial charge in [-0.3, -0.25) is 4.79 Å². The van der Waals surface area contributed by atoms with Crippen molar-refractivity contribution >= 4 is 18.0 Å². The van der Waals surface area contributed by atoms with Crippen LogP contribution in [0, 0.1) is 0 Å². The summed E-state index contributed by atoms with van der Waals surface area (Å²) in [6.45, 7) is 1.94. The SMILES string of the molecule is CCOC(=O)CC[C@H](NC(=O)NC1CCCC1)C(=O)O. The average Bonchev–Trinajstić information content (AvgIpc) is 2.87. The van der Waals surface area contributed by atoms with E-state index >= 15 is 0 Å². The van der Waals surface area contributed by atoms with E-state index in [1.807, 2.05) is 0 Å². The molecule has 0 bridgehead atoms. The zero-order valence-corrected chi connectivity index (χ0v) is 11.7. The summed E-state index contributed by atoms with van der Waals surface area (Å²) < 4.78 is 4.72. The molecule has 3 N–H and O–H groups in total. The molecule has 0 aromatic heterocycles. The molecule has 2 amide bonds. The second-order valence-electron chi connectivity index (χ2n) is 4.83. The number of ether oxygens (including phenoxy) is 1. The van der Waals surface area contributed by atoms with E-state index in [0.717, 1.165) is 25.7 Å². The number of carboxylic acids is 1. The number of carboxylic acid groups (broad SMARTS) is 1. The van der Waals surface area contributed by atoms with Gasteiger partial charge in [-0.05, 0) is 26.2 Å². The molecule has 0 saturated heterocycles. The van der Waals surface area contributed by atoms with Gasteiger partial charge in [0.15, 0.2) is 0 Å². The first-order valence-electron chi connectivity index (χ1n) is 6.98. The molecule has 0 aromatic carbocycles. The van der Waals surface area contributed by atoms with Gasteiger partial charge in [0.25, 0.3) is 0 Å². The van der Waals surface area contributed by atoms with E-state index < -0.39 is 24.0 Å². The summed E-state index contributed by atoms with van der Waals surface area (Å²) in [5.74, 6) is -1.62. The fraction of sp³-hybridized carbons (Fsp3) is 0.769. The molecular weight excluding hydrogens is 264 g/mol. The fourth-order valence-electron chi connectivity index (χ4n) is 2.21. The van der Waals surface area contributed by atoms with Crippen molar-refractivity contribution in [2.75, 3.05) is 6.61 Å². The van der Waals surface area contributed by atoms with Crippen molar-refractivity contribution in [3.05, 3.63) is 0 Å². The van der Waals surface area contributed by atoms with Crippen LogP contribution in [0.1, 0.15) is 45.4 Å². The minimum atomic E-state index is -1.16. The standard InChI is InChI=1S/C13H22N2O5/c1-2-20-11(16)8-7-10(12(17)18)15-13(19)14-9-5-3-4-6-9/h9-10H,2-8H2,1H3,(H,17,18)(H2,14,15,19)/t10-/m0/s1. The van der Waals surface area contributed by atoms with E-state index in [0.29, 0.717) is 0 Å². The molecule has 0 unspecified atom stereocenters. The number of nitrogens with one attached hydrogen (secondary N) is 2. The van der Waals surface area contributed by atoms with E-state index in [4.69, 9.17) is 9.84 Å². The van der Waals surface area contributed by atoms with Crippen LogP contribution in [0.25, 0.3) is 0 Å². The lowest BCUT2D eigenvalue weighted by Crippen LogP contribution is -2.48. The molecule has 0 radical (unpaired) electrons. The maximum absolute atomic E-state index is 11.7. The summed E-state index contributed by atoms with van der Waals surface area (Å²) >= 11 is 0. The van der Waals surface area contributed by atoms with Gasteiger partial charge in [0.1, 0.15) is 6.04 Å². The summed E-state index contributed by atoms with van der Waals surface area (Å²) in [6, 6.07) is -1.46. The second-order valence-corrected chi connectivity index (χ2v) is 4.83. The van der Waals surface area contributed by atoms with Crippen molar-refractivity contribution < 1.29 is 24.2 Å². The topological polar surface area (TPSA) is 105 Å². The summed E-state index contributed by atoms with van der Waals surface area (Å²) in [4.78, 5) is 33.9. The average molecular weight is 286 g/mol. The first kappa shape index (κ1) is 16.3. The van der Waals surface area contributed by atoms with Crippen LogP contribution in [-0.4, -0.2) is 41.8 Å². The van der Waals surface area contributed by atoms with Gasteiger partial charge in [0.05, 0.1) is 6.61 Å². The van der Waals surface area contributed by atoms with Crippen LogP contribution < -0.4 is 10.6 Å². The van der Waals surface area contributed by atoms with E-state index in [1.54, 1.807) is 6.92 Å². The van der Waals surface area contributed by atoms with Crippen molar-refractivity contribution in [2.45, 2.75) is 57.5 Å². The number of rotatable bonds is 7. The van der Waals surface area contributed by atoms with Crippen molar-refractivity contribution in [2.24, 2.45) is 0 Å². The number of hydrogen-bond donors (Lipinski definition) is 3. The van der Waals surface area contributed by atoms with Crippen molar-refractivity contribution in [1.29, 1.82) is 0 Å². The molecule has 0 aliphatic heterocycles. The largest absolute Gasteiger partial charge is 0.480 e. The van der Waals surface area contributed by atoms with E-state index in [-0.39, 0.29) is 25.5 Å². The first-order chi connectivity index (χ1) is 9.52. The van der Waals surface area contributed by atoms with E-state index in [2.05, 4.69) is 10.6 Å². The maximum Gasteiger partial charge on any atom is 0.326 e. The Morgan fingerprint density at radius 3 is 2.50 bits per heavy atom. The van der Waals surface area contributed by atoms with Crippen LogP contribution in [0.3, 0.4) is 0 Å². The lowest BCUT2D eigenvalue weighted by Gasteiger charge is -2.17. The Kier molecular flexibility index (Phi) is 6.83. The molecule has 20 heavy (non-hydrogen) atoms. The molecule has 0 spiro atoms. The monoisotopic (exact) mass is 286 g/mol. The third-order valence-corrected chi connectivity index (χ3v) is 3.24. The molecule has 0 aromatic rings. The highest BCUT2D eigenvalue weighted by Gasteiger charge is 2.23. The highest BCUT2D eigenvalue weighted by Crippen LogP contribution is 2.17. The molecule has 0 heterocycles. The minimum absolute atomic E-state index is 0.0201. The number of urea groups is 1. The summed E-state index contributed by atoms with van der Waals surface area (Å²) in [5.41, 5.74) is 0. The number of amides is 2. The lowest BCUT2D eigenvalue weighted by atomic mass is 10.1. The van der Waals surface area contributed by atoms with Gasteiger partial charge in [-0.15, -0.1) is 0 Å². The van der Waals surface area contributed by atoms with Crippen molar-refractivity contribution in [3.63, 3.8) is 0 Å². The Morgan fingerprint density at radius 1 is 1.30 bits per heavy atom. The first-order valence-corrected chi connectivity index (χ1v) is 6.98. The van der Waals surface area contributed by atoms with Gasteiger partial charge >= 0.3 is 18.0 Å². The van der Waals surface area contributed by atoms with Gasteiger partial charge < -0.3 is 20.5 Å². The van der Waals surface area contributed by atoms with E-state index in [9.17, 15) is 14.4 Å². The van der Waals surface area contributed by atoms with Gasteiger partial charge in [0.2, 0.25) is 0 Å². The Morgan fingerprint density at radius 2 is 1.95 bits per heavy atom. The molecule has 1 rings (SSSR count). The fourth-order valence-corrected chi connectivity index (χ4v) is 2.21. The zero-order chi connectivity index (χ0) is 15.0. The number of carbonyl (C=O) groups excluding carboxylic acids is 2. The molecule has 1 aliphatic carbocycles. The van der Waals surface area contributed by atoms with E-state index in [1.165, 1.54) is 0 Å². The van der Waals surface area contributed by atoms with Crippen molar-refractivity contribution in [1.82, 2.24) is 10.6 Å². The molecule has 7 nitrogen and oxygen atoms in total. The second kappa shape index (κ2) is 8.39. The number of esters is 1. The van der Waals surface area contributed by atoms with Crippen LogP contribution in [0.15, 0.2) is 0 Å². The van der Waals surface area contributed by atoms with Crippen LogP contribution >= 0.6 is 0 Å². The quantitative estimate of drug-likeness (QED) is 0.606. The molecule has 114 valence electrons. The van der Waals surface area contributed by atoms with Gasteiger partial charge in [-0.2, -0.15) is 0 Å². The minimum Gasteiger partial charge on any atom is -0.480 e. The lowest BCUT2D eigenvalue weighted by molar-refractivity contribution is -0.144. The Bertz CT molecular complexity index is 353. The molecule has 1 aliphatic rings. The number of aliphatic carboxylic acids is 1. The van der Waals surface area contributed by atoms with Crippen LogP contribution in [0.2, 0.25) is 0 Å². The Labute approximate surface area is 118 Å². The van der Waals surface area contributed by atoms with Crippen LogP contribution in [0.5, 0.6) is 0 Å².